The van der Waals surface area contributed by atoms with Gasteiger partial charge in [0.05, 0.1) is 0 Å². The minimum Gasteiger partial charge on any atom is -0.480 e. The van der Waals surface area contributed by atoms with E-state index in [1.807, 2.05) is 19.1 Å². The Bertz CT molecular complexity index is 474. The van der Waals surface area contributed by atoms with Gasteiger partial charge in [0.2, 0.25) is 5.91 Å². The Kier molecular flexibility index (Phi) is 8.68. The van der Waals surface area contributed by atoms with Crippen molar-refractivity contribution < 1.29 is 24.6 Å². The van der Waals surface area contributed by atoms with E-state index in [2.05, 4.69) is 5.32 Å². The molecule has 1 rings (SSSR count). The molecule has 1 aliphatic rings. The summed E-state index contributed by atoms with van der Waals surface area (Å²) in [4.78, 5) is 35.5. The van der Waals surface area contributed by atoms with E-state index in [1.165, 1.54) is 0 Å². The lowest BCUT2D eigenvalue weighted by Crippen LogP contribution is -2.45. The second-order valence-corrected chi connectivity index (χ2v) is 6.56. The highest BCUT2D eigenvalue weighted by atomic mass is 16.4. The van der Waals surface area contributed by atoms with Crippen molar-refractivity contribution in [1.29, 1.82) is 0 Å². The van der Waals surface area contributed by atoms with E-state index < -0.39 is 12.0 Å². The molecule has 6 nitrogen and oxygen atoms in total. The Morgan fingerprint density at radius 2 is 2.08 bits per heavy atom. The Labute approximate surface area is 143 Å². The number of ketones is 1. The van der Waals surface area contributed by atoms with Crippen LogP contribution in [0.1, 0.15) is 52.4 Å². The molecule has 4 atom stereocenters. The fourth-order valence-corrected chi connectivity index (χ4v) is 3.13. The monoisotopic (exact) mass is 339 g/mol. The molecule has 0 saturated heterocycles. The number of carboxylic acids is 1. The van der Waals surface area contributed by atoms with E-state index in [0.717, 1.165) is 0 Å². The summed E-state index contributed by atoms with van der Waals surface area (Å²) in [5.41, 5.74) is 0. The number of allylic oxidation sites excluding steroid dienone is 1. The van der Waals surface area contributed by atoms with Gasteiger partial charge in [0.15, 0.2) is 0 Å². The van der Waals surface area contributed by atoms with Crippen LogP contribution >= 0.6 is 0 Å². The maximum Gasteiger partial charge on any atom is 0.326 e. The molecule has 1 amide bonds. The van der Waals surface area contributed by atoms with E-state index in [9.17, 15) is 19.5 Å². The number of carbonyl (C=O) groups is 3. The third kappa shape index (κ3) is 6.07. The number of aliphatic hydroxyl groups is 1. The number of carboxylic acid groups (broad SMARTS) is 1. The first kappa shape index (κ1) is 20.4. The first-order valence-electron chi connectivity index (χ1n) is 8.71. The molecule has 136 valence electrons. The van der Waals surface area contributed by atoms with Gasteiger partial charge in [0.1, 0.15) is 11.8 Å². The van der Waals surface area contributed by atoms with E-state index in [0.29, 0.717) is 32.1 Å². The summed E-state index contributed by atoms with van der Waals surface area (Å²) in [5, 5.41) is 20.6. The van der Waals surface area contributed by atoms with E-state index in [-0.39, 0.29) is 42.5 Å². The number of aliphatic carboxylic acids is 1. The topological polar surface area (TPSA) is 104 Å². The summed E-state index contributed by atoms with van der Waals surface area (Å²) in [6.07, 6.45) is 6.85. The van der Waals surface area contributed by atoms with Crippen LogP contribution in [0.15, 0.2) is 12.2 Å². The summed E-state index contributed by atoms with van der Waals surface area (Å²) in [6.45, 7) is 3.76. The largest absolute Gasteiger partial charge is 0.480 e. The number of aliphatic hydroxyl groups excluding tert-OH is 1. The van der Waals surface area contributed by atoms with E-state index in [1.54, 1.807) is 6.92 Å². The first-order chi connectivity index (χ1) is 11.4. The fraction of sp³-hybridized carbons (Fsp3) is 0.722. The lowest BCUT2D eigenvalue weighted by molar-refractivity contribution is -0.143. The third-order valence-corrected chi connectivity index (χ3v) is 4.84. The maximum atomic E-state index is 12.2. The minimum absolute atomic E-state index is 0.0392. The number of amides is 1. The molecule has 0 heterocycles. The van der Waals surface area contributed by atoms with Gasteiger partial charge in [-0.05, 0) is 31.1 Å². The average Bonchev–Trinajstić information content (AvgIpc) is 2.88. The molecular formula is C18H29NO5. The van der Waals surface area contributed by atoms with Crippen LogP contribution in [0.3, 0.4) is 0 Å². The second kappa shape index (κ2) is 10.2. The van der Waals surface area contributed by atoms with Crippen molar-refractivity contribution in [3.8, 4) is 0 Å². The van der Waals surface area contributed by atoms with Crippen LogP contribution in [0.4, 0.5) is 0 Å². The van der Waals surface area contributed by atoms with Crippen molar-refractivity contribution >= 4 is 17.7 Å². The molecule has 0 aliphatic heterocycles. The van der Waals surface area contributed by atoms with Gasteiger partial charge in [-0.2, -0.15) is 0 Å². The normalized spacial score (nSPS) is 23.4. The van der Waals surface area contributed by atoms with Crippen LogP contribution < -0.4 is 5.32 Å². The Balaban J connectivity index is 2.60. The highest BCUT2D eigenvalue weighted by molar-refractivity contribution is 5.87. The molecule has 0 bridgehead atoms. The van der Waals surface area contributed by atoms with Gasteiger partial charge in [0, 0.05) is 25.4 Å². The number of rotatable bonds is 10. The Morgan fingerprint density at radius 1 is 1.38 bits per heavy atom. The van der Waals surface area contributed by atoms with Crippen molar-refractivity contribution in [2.24, 2.45) is 17.8 Å². The first-order valence-corrected chi connectivity index (χ1v) is 8.71. The van der Waals surface area contributed by atoms with E-state index >= 15 is 0 Å². The predicted molar refractivity (Wildman–Crippen MR) is 90.3 cm³/mol. The zero-order valence-electron chi connectivity index (χ0n) is 14.5. The summed E-state index contributed by atoms with van der Waals surface area (Å²) in [5.74, 6) is -1.53. The summed E-state index contributed by atoms with van der Waals surface area (Å²) >= 11 is 0. The third-order valence-electron chi connectivity index (χ3n) is 4.84. The van der Waals surface area contributed by atoms with Crippen molar-refractivity contribution in [1.82, 2.24) is 5.32 Å². The highest BCUT2D eigenvalue weighted by Gasteiger charge is 2.35. The zero-order chi connectivity index (χ0) is 18.1. The average molecular weight is 339 g/mol. The lowest BCUT2D eigenvalue weighted by Gasteiger charge is -2.22. The quantitative estimate of drug-likeness (QED) is 0.528. The number of hydrogen-bond acceptors (Lipinski definition) is 4. The second-order valence-electron chi connectivity index (χ2n) is 6.56. The van der Waals surface area contributed by atoms with Gasteiger partial charge in [-0.1, -0.05) is 32.4 Å². The molecule has 1 fully saturated rings. The summed E-state index contributed by atoms with van der Waals surface area (Å²) in [7, 11) is 0. The minimum atomic E-state index is -1.02. The summed E-state index contributed by atoms with van der Waals surface area (Å²) < 4.78 is 0. The van der Waals surface area contributed by atoms with Crippen LogP contribution in [-0.4, -0.2) is 40.5 Å². The van der Waals surface area contributed by atoms with Gasteiger partial charge >= 0.3 is 5.97 Å². The molecular weight excluding hydrogens is 310 g/mol. The van der Waals surface area contributed by atoms with Gasteiger partial charge in [-0.3, -0.25) is 9.59 Å². The van der Waals surface area contributed by atoms with Crippen LogP contribution in [0.25, 0.3) is 0 Å². The molecule has 1 saturated carbocycles. The Morgan fingerprint density at radius 3 is 2.67 bits per heavy atom. The van der Waals surface area contributed by atoms with Gasteiger partial charge in [-0.15, -0.1) is 0 Å². The van der Waals surface area contributed by atoms with Crippen LogP contribution in [-0.2, 0) is 14.4 Å². The molecule has 0 aromatic heterocycles. The Hall–Kier alpha value is -1.69. The molecule has 6 heteroatoms. The molecule has 0 aromatic carbocycles. The number of hydrogen-bond donors (Lipinski definition) is 3. The molecule has 0 unspecified atom stereocenters. The standard InChI is InChI=1S/C18H29NO5/c1-3-12(2)17(18(23)24)19-16(22)11-13-8-9-15(21)14(13)7-5-4-6-10-20/h4-5,12-14,17,20H,3,6-11H2,1-2H3,(H,19,22)(H,23,24)/b5-4-/t12-,13+,14+,17-/m0/s1. The molecule has 3 N–H and O–H groups in total. The zero-order valence-corrected chi connectivity index (χ0v) is 14.5. The predicted octanol–water partition coefficient (Wildman–Crippen LogP) is 1.92. The molecule has 0 radical (unpaired) electrons. The van der Waals surface area contributed by atoms with Gasteiger partial charge in [-0.25, -0.2) is 4.79 Å². The lowest BCUT2D eigenvalue weighted by atomic mass is 9.89. The fourth-order valence-electron chi connectivity index (χ4n) is 3.13. The van der Waals surface area contributed by atoms with Crippen LogP contribution in [0.2, 0.25) is 0 Å². The van der Waals surface area contributed by atoms with Crippen molar-refractivity contribution in [3.63, 3.8) is 0 Å². The number of carbonyl (C=O) groups excluding carboxylic acids is 2. The van der Waals surface area contributed by atoms with E-state index in [4.69, 9.17) is 5.11 Å². The summed E-state index contributed by atoms with van der Waals surface area (Å²) in [6, 6.07) is -0.887. The molecule has 0 aromatic rings. The maximum absolute atomic E-state index is 12.2. The van der Waals surface area contributed by atoms with Crippen LogP contribution in [0, 0.1) is 17.8 Å². The number of nitrogens with one attached hydrogen (secondary N) is 1. The highest BCUT2D eigenvalue weighted by Crippen LogP contribution is 2.34. The van der Waals surface area contributed by atoms with Crippen molar-refractivity contribution in [3.05, 3.63) is 12.2 Å². The molecule has 1 aliphatic carbocycles. The van der Waals surface area contributed by atoms with Crippen molar-refractivity contribution in [2.45, 2.75) is 58.4 Å². The van der Waals surface area contributed by atoms with Gasteiger partial charge < -0.3 is 15.5 Å². The number of Topliss-reactive ketones (excluding diaryl/α,β-unsaturated/α-hetero) is 1. The van der Waals surface area contributed by atoms with Crippen LogP contribution in [0.5, 0.6) is 0 Å². The SMILES string of the molecule is CC[C@H](C)[C@H](NC(=O)C[C@H]1CCC(=O)[C@@H]1C/C=C\CCO)C(=O)O. The molecule has 24 heavy (non-hydrogen) atoms. The smallest absolute Gasteiger partial charge is 0.326 e. The van der Waals surface area contributed by atoms with Crippen molar-refractivity contribution in [2.75, 3.05) is 6.61 Å². The molecule has 0 spiro atoms. The van der Waals surface area contributed by atoms with Gasteiger partial charge in [0.25, 0.3) is 0 Å².